The molecule has 0 amide bonds. The van der Waals surface area contributed by atoms with Gasteiger partial charge in [-0.1, -0.05) is 111 Å². The van der Waals surface area contributed by atoms with E-state index in [1.807, 2.05) is 0 Å². The van der Waals surface area contributed by atoms with Gasteiger partial charge in [0.25, 0.3) is 0 Å². The van der Waals surface area contributed by atoms with Crippen molar-refractivity contribution < 1.29 is 0 Å². The van der Waals surface area contributed by atoms with Crippen LogP contribution in [0.1, 0.15) is 77.6 Å². The van der Waals surface area contributed by atoms with Gasteiger partial charge >= 0.3 is 0 Å². The lowest BCUT2D eigenvalue weighted by Gasteiger charge is -2.20. The molecule has 36 heavy (non-hydrogen) atoms. The molecule has 1 atom stereocenters. The molecular weight excluding hydrogens is 448 g/mol. The maximum absolute atomic E-state index is 2.45. The third-order valence-electron chi connectivity index (χ3n) is 8.31. The molecule has 0 aromatic heterocycles. The lowest BCUT2D eigenvalue weighted by molar-refractivity contribution is 0.856. The van der Waals surface area contributed by atoms with Crippen LogP contribution in [0, 0.1) is 5.92 Å². The molecule has 1 unspecified atom stereocenters. The highest BCUT2D eigenvalue weighted by Crippen LogP contribution is 2.38. The van der Waals surface area contributed by atoms with E-state index < -0.39 is 0 Å². The standard InChI is InChI=1S/C35H42Si/c1-9-26-16-27(10-2)19-30(18-26)32-14-13-15-33(36-35-24(7)22(5)23(6)25(35)8)34(32)31-20-28(11-3)17-29(12-4)21-31/h13-21,24H,9-12H2,1-8H3. The fraction of sp³-hybridized carbons (Fsp3) is 0.371. The van der Waals surface area contributed by atoms with Crippen molar-refractivity contribution in [1.29, 1.82) is 0 Å². The van der Waals surface area contributed by atoms with Gasteiger partial charge in [-0.15, -0.1) is 0 Å². The summed E-state index contributed by atoms with van der Waals surface area (Å²) in [6.07, 6.45) is 4.26. The topological polar surface area (TPSA) is 0 Å². The summed E-state index contributed by atoms with van der Waals surface area (Å²) in [5.41, 5.74) is 15.8. The van der Waals surface area contributed by atoms with Gasteiger partial charge in [-0.25, -0.2) is 0 Å². The summed E-state index contributed by atoms with van der Waals surface area (Å²) in [4.78, 5) is 0. The van der Waals surface area contributed by atoms with E-state index in [2.05, 4.69) is 110 Å². The Balaban J connectivity index is 1.98. The molecule has 0 fully saturated rings. The van der Waals surface area contributed by atoms with Crippen molar-refractivity contribution >= 4 is 14.7 Å². The number of rotatable bonds is 8. The van der Waals surface area contributed by atoms with Crippen molar-refractivity contribution in [2.45, 2.75) is 81.1 Å². The summed E-state index contributed by atoms with van der Waals surface area (Å²) in [6, 6.07) is 21.6. The molecule has 2 radical (unpaired) electrons. The van der Waals surface area contributed by atoms with Crippen molar-refractivity contribution in [2.75, 3.05) is 0 Å². The van der Waals surface area contributed by atoms with Crippen LogP contribution in [0.4, 0.5) is 0 Å². The lowest BCUT2D eigenvalue weighted by atomic mass is 9.89. The van der Waals surface area contributed by atoms with Crippen LogP contribution in [0.15, 0.2) is 76.5 Å². The van der Waals surface area contributed by atoms with E-state index in [0.717, 1.165) is 25.7 Å². The number of hydrogen-bond donors (Lipinski definition) is 0. The van der Waals surface area contributed by atoms with Crippen molar-refractivity contribution in [1.82, 2.24) is 0 Å². The van der Waals surface area contributed by atoms with Gasteiger partial charge < -0.3 is 0 Å². The van der Waals surface area contributed by atoms with E-state index in [9.17, 15) is 0 Å². The van der Waals surface area contributed by atoms with Gasteiger partial charge in [0.2, 0.25) is 0 Å². The molecule has 3 aromatic rings. The molecule has 4 rings (SSSR count). The zero-order chi connectivity index (χ0) is 26.0. The van der Waals surface area contributed by atoms with E-state index in [0.29, 0.717) is 15.4 Å². The Morgan fingerprint density at radius 3 is 1.58 bits per heavy atom. The van der Waals surface area contributed by atoms with Crippen LogP contribution in [-0.4, -0.2) is 9.52 Å². The SMILES string of the molecule is CCc1cc(CC)cc(-c2cccc([Si]C3=C(C)C(C)=C(C)C3C)c2-c2cc(CC)cc(CC)c2)c1. The Kier molecular flexibility index (Phi) is 8.20. The average molecular weight is 491 g/mol. The molecule has 0 saturated carbocycles. The Morgan fingerprint density at radius 1 is 0.639 bits per heavy atom. The van der Waals surface area contributed by atoms with Gasteiger partial charge in [0.05, 0.1) is 0 Å². The summed E-state index contributed by atoms with van der Waals surface area (Å²) < 4.78 is 0. The lowest BCUT2D eigenvalue weighted by Crippen LogP contribution is -2.23. The predicted molar refractivity (Wildman–Crippen MR) is 160 cm³/mol. The maximum Gasteiger partial charge on any atom is 0.117 e. The second-order valence-electron chi connectivity index (χ2n) is 10.4. The number of hydrogen-bond acceptors (Lipinski definition) is 0. The fourth-order valence-electron chi connectivity index (χ4n) is 5.56. The highest BCUT2D eigenvalue weighted by Gasteiger charge is 2.26. The average Bonchev–Trinajstić information content (AvgIpc) is 3.09. The van der Waals surface area contributed by atoms with Gasteiger partial charge in [0.1, 0.15) is 9.52 Å². The van der Waals surface area contributed by atoms with Gasteiger partial charge in [-0.3, -0.25) is 0 Å². The Labute approximate surface area is 222 Å². The van der Waals surface area contributed by atoms with Gasteiger partial charge in [-0.2, -0.15) is 0 Å². The summed E-state index contributed by atoms with van der Waals surface area (Å²) in [7, 11) is 0.684. The van der Waals surface area contributed by atoms with Gasteiger partial charge in [0.15, 0.2) is 0 Å². The summed E-state index contributed by atoms with van der Waals surface area (Å²) in [5, 5.41) is 3.09. The summed E-state index contributed by atoms with van der Waals surface area (Å²) in [5.74, 6) is 0.531. The first-order chi connectivity index (χ1) is 17.3. The molecule has 0 heterocycles. The predicted octanol–water partition coefficient (Wildman–Crippen LogP) is 8.86. The Bertz CT molecular complexity index is 1290. The van der Waals surface area contributed by atoms with E-state index in [-0.39, 0.29) is 0 Å². The first-order valence-corrected chi connectivity index (χ1v) is 14.9. The van der Waals surface area contributed by atoms with E-state index in [1.54, 1.807) is 5.20 Å². The molecule has 1 aliphatic rings. The van der Waals surface area contributed by atoms with Crippen molar-refractivity contribution in [3.63, 3.8) is 0 Å². The molecule has 1 heteroatoms. The second kappa shape index (κ2) is 11.2. The molecular formula is C35H42Si. The number of benzene rings is 3. The minimum Gasteiger partial charge on any atom is -0.0695 e. The first-order valence-electron chi connectivity index (χ1n) is 13.9. The molecule has 0 N–H and O–H groups in total. The van der Waals surface area contributed by atoms with Crippen LogP contribution in [0.25, 0.3) is 22.3 Å². The number of aryl methyl sites for hydroxylation is 4. The van der Waals surface area contributed by atoms with Crippen molar-refractivity contribution in [3.05, 3.63) is 98.8 Å². The van der Waals surface area contributed by atoms with Crippen LogP contribution in [0.2, 0.25) is 0 Å². The largest absolute Gasteiger partial charge is 0.117 e. The molecule has 1 aliphatic carbocycles. The van der Waals surface area contributed by atoms with E-state index in [4.69, 9.17) is 0 Å². The van der Waals surface area contributed by atoms with Gasteiger partial charge in [0, 0.05) is 0 Å². The van der Waals surface area contributed by atoms with Crippen molar-refractivity contribution in [3.8, 4) is 22.3 Å². The monoisotopic (exact) mass is 490 g/mol. The second-order valence-corrected chi connectivity index (χ2v) is 11.7. The van der Waals surface area contributed by atoms with Crippen LogP contribution in [-0.2, 0) is 25.7 Å². The highest BCUT2D eigenvalue weighted by atomic mass is 28.2. The first kappa shape index (κ1) is 26.4. The highest BCUT2D eigenvalue weighted by molar-refractivity contribution is 6.63. The third kappa shape index (κ3) is 5.09. The summed E-state index contributed by atoms with van der Waals surface area (Å²) in [6.45, 7) is 18.4. The molecule has 3 aromatic carbocycles. The van der Waals surface area contributed by atoms with Crippen LogP contribution in [0.5, 0.6) is 0 Å². The molecule has 0 spiro atoms. The zero-order valence-electron chi connectivity index (χ0n) is 23.6. The molecule has 0 saturated heterocycles. The van der Waals surface area contributed by atoms with Crippen LogP contribution in [0.3, 0.4) is 0 Å². The van der Waals surface area contributed by atoms with Crippen LogP contribution >= 0.6 is 0 Å². The molecule has 0 bridgehead atoms. The fourth-order valence-corrected chi connectivity index (χ4v) is 7.24. The third-order valence-corrected chi connectivity index (χ3v) is 10.1. The Morgan fingerprint density at radius 2 is 1.14 bits per heavy atom. The van der Waals surface area contributed by atoms with Crippen LogP contribution < -0.4 is 5.19 Å². The Hall–Kier alpha value is -2.64. The number of allylic oxidation sites excluding steroid dienone is 4. The quantitative estimate of drug-likeness (QED) is 0.277. The minimum absolute atomic E-state index is 0.531. The van der Waals surface area contributed by atoms with E-state index >= 15 is 0 Å². The van der Waals surface area contributed by atoms with Gasteiger partial charge in [-0.05, 0) is 102 Å². The minimum atomic E-state index is 0.531. The molecule has 0 aliphatic heterocycles. The summed E-state index contributed by atoms with van der Waals surface area (Å²) >= 11 is 0. The normalized spacial score (nSPS) is 15.8. The smallest absolute Gasteiger partial charge is 0.0695 e. The molecule has 186 valence electrons. The van der Waals surface area contributed by atoms with Crippen molar-refractivity contribution in [2.24, 2.45) is 5.92 Å². The zero-order valence-corrected chi connectivity index (χ0v) is 24.6. The maximum atomic E-state index is 2.45. The van der Waals surface area contributed by atoms with E-state index in [1.165, 1.54) is 66.4 Å². The molecule has 0 nitrogen and oxygen atoms in total.